The number of aromatic nitrogens is 1. The minimum absolute atomic E-state index is 0.252. The van der Waals surface area contributed by atoms with Crippen molar-refractivity contribution in [1.82, 2.24) is 0 Å². The minimum atomic E-state index is 0.252. The molecule has 0 saturated carbocycles. The molecule has 0 bridgehead atoms. The standard InChI is InChI=1S/C22H23BN/c1-19(2)20-10-9-16-24(18-20)17-15-23(21-11-5-3-6-12-21)22-13-7-4-8-14-22/h3-19H,1-2H3/q+1. The van der Waals surface area contributed by atoms with Crippen LogP contribution in [0.15, 0.2) is 91.2 Å². The van der Waals surface area contributed by atoms with Crippen molar-refractivity contribution >= 4 is 23.8 Å². The summed E-state index contributed by atoms with van der Waals surface area (Å²) in [6, 6.07) is 25.6. The van der Waals surface area contributed by atoms with Crippen molar-refractivity contribution in [2.45, 2.75) is 19.8 Å². The molecule has 118 valence electrons. The Labute approximate surface area is 145 Å². The average molecular weight is 312 g/mol. The molecule has 0 atom stereocenters. The van der Waals surface area contributed by atoms with Gasteiger partial charge in [0.2, 0.25) is 6.71 Å². The van der Waals surface area contributed by atoms with E-state index in [1.54, 1.807) is 0 Å². The Morgan fingerprint density at radius 1 is 0.792 bits per heavy atom. The third kappa shape index (κ3) is 4.02. The molecule has 2 heteroatoms. The Balaban J connectivity index is 1.94. The monoisotopic (exact) mass is 312 g/mol. The predicted octanol–water partition coefficient (Wildman–Crippen LogP) is 3.42. The first-order chi connectivity index (χ1) is 11.7. The van der Waals surface area contributed by atoms with Crippen molar-refractivity contribution in [3.63, 3.8) is 0 Å². The summed E-state index contributed by atoms with van der Waals surface area (Å²) < 4.78 is 2.15. The van der Waals surface area contributed by atoms with E-state index in [1.165, 1.54) is 16.5 Å². The van der Waals surface area contributed by atoms with Crippen LogP contribution in [0.4, 0.5) is 0 Å². The number of pyridine rings is 1. The molecule has 1 nitrogen and oxygen atoms in total. The smallest absolute Gasteiger partial charge is 0.175 e. The van der Waals surface area contributed by atoms with E-state index in [2.05, 4.69) is 116 Å². The molecular formula is C22H23BN+. The summed E-state index contributed by atoms with van der Waals surface area (Å²) in [7, 11) is 0. The van der Waals surface area contributed by atoms with Gasteiger partial charge in [0, 0.05) is 11.6 Å². The first-order valence-corrected chi connectivity index (χ1v) is 8.53. The highest BCUT2D eigenvalue weighted by Gasteiger charge is 2.16. The maximum absolute atomic E-state index is 2.27. The molecule has 0 saturated heterocycles. The fourth-order valence-electron chi connectivity index (χ4n) is 2.87. The lowest BCUT2D eigenvalue weighted by atomic mass is 9.41. The predicted molar refractivity (Wildman–Crippen MR) is 104 cm³/mol. The molecule has 3 rings (SSSR count). The first kappa shape index (κ1) is 16.3. The van der Waals surface area contributed by atoms with Gasteiger partial charge < -0.3 is 0 Å². The van der Waals surface area contributed by atoms with Gasteiger partial charge in [0.1, 0.15) is 0 Å². The Morgan fingerprint density at radius 3 is 1.92 bits per heavy atom. The quantitative estimate of drug-likeness (QED) is 0.502. The van der Waals surface area contributed by atoms with Crippen molar-refractivity contribution in [2.75, 3.05) is 0 Å². The summed E-state index contributed by atoms with van der Waals surface area (Å²) in [6.45, 7) is 4.70. The summed E-state index contributed by atoms with van der Waals surface area (Å²) in [6.07, 6.45) is 6.46. The lowest BCUT2D eigenvalue weighted by Crippen LogP contribution is -2.41. The van der Waals surface area contributed by atoms with E-state index < -0.39 is 0 Å². The van der Waals surface area contributed by atoms with E-state index in [9.17, 15) is 0 Å². The van der Waals surface area contributed by atoms with Crippen LogP contribution in [0.1, 0.15) is 25.3 Å². The first-order valence-electron chi connectivity index (χ1n) is 8.53. The molecule has 0 radical (unpaired) electrons. The van der Waals surface area contributed by atoms with Gasteiger partial charge in [0.05, 0.1) is 0 Å². The van der Waals surface area contributed by atoms with Crippen LogP contribution in [0.5, 0.6) is 0 Å². The molecule has 3 aromatic rings. The van der Waals surface area contributed by atoms with Gasteiger partial charge in [-0.25, -0.2) is 0 Å². The van der Waals surface area contributed by atoms with E-state index in [0.29, 0.717) is 5.92 Å². The Hall–Kier alpha value is -2.61. The highest BCUT2D eigenvalue weighted by molar-refractivity contribution is 6.89. The molecular weight excluding hydrogens is 289 g/mol. The minimum Gasteiger partial charge on any atom is -0.175 e. The van der Waals surface area contributed by atoms with Crippen LogP contribution >= 0.6 is 0 Å². The van der Waals surface area contributed by atoms with E-state index in [0.717, 1.165) is 0 Å². The summed E-state index contributed by atoms with van der Waals surface area (Å²) >= 11 is 0. The van der Waals surface area contributed by atoms with Gasteiger partial charge in [-0.15, -0.1) is 0 Å². The normalized spacial score (nSPS) is 11.1. The summed E-state index contributed by atoms with van der Waals surface area (Å²) in [5, 5.41) is 0. The lowest BCUT2D eigenvalue weighted by Gasteiger charge is -2.09. The topological polar surface area (TPSA) is 3.88 Å². The zero-order valence-electron chi connectivity index (χ0n) is 14.3. The molecule has 0 aliphatic heterocycles. The Kier molecular flexibility index (Phi) is 5.27. The van der Waals surface area contributed by atoms with E-state index >= 15 is 0 Å². The van der Waals surface area contributed by atoms with Crippen molar-refractivity contribution in [2.24, 2.45) is 0 Å². The number of hydrogen-bond acceptors (Lipinski definition) is 0. The van der Waals surface area contributed by atoms with E-state index in [1.807, 2.05) is 0 Å². The molecule has 1 heterocycles. The van der Waals surface area contributed by atoms with Crippen molar-refractivity contribution in [3.8, 4) is 0 Å². The van der Waals surface area contributed by atoms with Crippen LogP contribution in [0.2, 0.25) is 0 Å². The van der Waals surface area contributed by atoms with Gasteiger partial charge in [-0.05, 0) is 18.0 Å². The largest absolute Gasteiger partial charge is 0.240 e. The van der Waals surface area contributed by atoms with Gasteiger partial charge in [-0.1, -0.05) is 85.4 Å². The second-order valence-electron chi connectivity index (χ2n) is 6.38. The zero-order valence-corrected chi connectivity index (χ0v) is 14.3. The zero-order chi connectivity index (χ0) is 16.8. The molecule has 0 fully saturated rings. The summed E-state index contributed by atoms with van der Waals surface area (Å²) in [5.41, 5.74) is 3.96. The fraction of sp³-hybridized carbons (Fsp3) is 0.136. The Bertz CT molecular complexity index is 755. The maximum Gasteiger partial charge on any atom is 0.240 e. The molecule has 0 amide bonds. The maximum atomic E-state index is 2.27. The molecule has 0 spiro atoms. The molecule has 0 aliphatic carbocycles. The molecule has 0 N–H and O–H groups in total. The van der Waals surface area contributed by atoms with Gasteiger partial charge in [-0.2, -0.15) is 4.57 Å². The SMILES string of the molecule is CC(C)c1ccc[n+](C=CB(c2ccccc2)c2ccccc2)c1. The molecule has 2 aromatic carbocycles. The van der Waals surface area contributed by atoms with Gasteiger partial charge in [0.15, 0.2) is 18.6 Å². The molecule has 24 heavy (non-hydrogen) atoms. The molecule has 1 aromatic heterocycles. The van der Waals surface area contributed by atoms with Gasteiger partial charge in [0.25, 0.3) is 0 Å². The lowest BCUT2D eigenvalue weighted by molar-refractivity contribution is -0.568. The highest BCUT2D eigenvalue weighted by atomic mass is 14.9. The number of rotatable bonds is 5. The fourth-order valence-corrected chi connectivity index (χ4v) is 2.87. The molecule has 0 unspecified atom stereocenters. The third-order valence-corrected chi connectivity index (χ3v) is 4.28. The number of nitrogens with zero attached hydrogens (tertiary/aromatic N) is 1. The van der Waals surface area contributed by atoms with Crippen LogP contribution < -0.4 is 15.5 Å². The van der Waals surface area contributed by atoms with Crippen LogP contribution in [0.25, 0.3) is 6.20 Å². The molecule has 0 aliphatic rings. The van der Waals surface area contributed by atoms with Crippen molar-refractivity contribution < 1.29 is 4.57 Å². The van der Waals surface area contributed by atoms with Crippen molar-refractivity contribution in [3.05, 3.63) is 96.7 Å². The van der Waals surface area contributed by atoms with E-state index in [-0.39, 0.29) is 6.71 Å². The van der Waals surface area contributed by atoms with Crippen molar-refractivity contribution in [1.29, 1.82) is 0 Å². The highest BCUT2D eigenvalue weighted by Crippen LogP contribution is 2.10. The third-order valence-electron chi connectivity index (χ3n) is 4.28. The van der Waals surface area contributed by atoms with Gasteiger partial charge >= 0.3 is 0 Å². The van der Waals surface area contributed by atoms with Crippen LogP contribution in [0.3, 0.4) is 0 Å². The van der Waals surface area contributed by atoms with Crippen LogP contribution in [-0.2, 0) is 0 Å². The second-order valence-corrected chi connectivity index (χ2v) is 6.38. The Morgan fingerprint density at radius 2 is 1.38 bits per heavy atom. The van der Waals surface area contributed by atoms with Crippen LogP contribution in [0, 0.1) is 0 Å². The number of hydrogen-bond donors (Lipinski definition) is 0. The summed E-state index contributed by atoms with van der Waals surface area (Å²) in [4.78, 5) is 0. The second kappa shape index (κ2) is 7.78. The number of benzene rings is 2. The van der Waals surface area contributed by atoms with Crippen LogP contribution in [-0.4, -0.2) is 6.71 Å². The van der Waals surface area contributed by atoms with E-state index in [4.69, 9.17) is 0 Å². The van der Waals surface area contributed by atoms with Gasteiger partial charge in [-0.3, -0.25) is 0 Å². The summed E-state index contributed by atoms with van der Waals surface area (Å²) in [5.74, 6) is 2.80. The average Bonchev–Trinajstić information content (AvgIpc) is 2.64.